The van der Waals surface area contributed by atoms with E-state index >= 15 is 0 Å². The molecule has 21 heavy (non-hydrogen) atoms. The van der Waals surface area contributed by atoms with E-state index in [1.807, 2.05) is 6.92 Å². The van der Waals surface area contributed by atoms with Gasteiger partial charge in [0.05, 0.1) is 12.8 Å². The van der Waals surface area contributed by atoms with Gasteiger partial charge in [-0.25, -0.2) is 9.59 Å². The Bertz CT molecular complexity index is 522. The minimum Gasteiger partial charge on any atom is -0.497 e. The monoisotopic (exact) mass is 358 g/mol. The van der Waals surface area contributed by atoms with Crippen LogP contribution in [0.5, 0.6) is 5.75 Å². The molecule has 0 fully saturated rings. The highest BCUT2D eigenvalue weighted by Gasteiger charge is 2.25. The summed E-state index contributed by atoms with van der Waals surface area (Å²) in [5, 5.41) is 14.2. The van der Waals surface area contributed by atoms with Crippen molar-refractivity contribution in [1.82, 2.24) is 5.32 Å². The maximum atomic E-state index is 12.0. The summed E-state index contributed by atoms with van der Waals surface area (Å²) in [7, 11) is 1.52. The summed E-state index contributed by atoms with van der Waals surface area (Å²) >= 11 is 3.31. The first kappa shape index (κ1) is 17.3. The van der Waals surface area contributed by atoms with Crippen molar-refractivity contribution in [3.8, 4) is 5.75 Å². The number of nitrogens with one attached hydrogen (secondary N) is 2. The Kier molecular flexibility index (Phi) is 6.48. The van der Waals surface area contributed by atoms with Crippen LogP contribution in [0, 0.1) is 5.92 Å². The third-order valence-electron chi connectivity index (χ3n) is 3.19. The molecule has 0 saturated carbocycles. The van der Waals surface area contributed by atoms with Gasteiger partial charge >= 0.3 is 12.0 Å². The molecule has 0 spiro atoms. The van der Waals surface area contributed by atoms with E-state index in [2.05, 4.69) is 26.6 Å². The normalized spacial score (nSPS) is 13.1. The van der Waals surface area contributed by atoms with Crippen LogP contribution in [0.2, 0.25) is 0 Å². The van der Waals surface area contributed by atoms with E-state index in [-0.39, 0.29) is 5.92 Å². The van der Waals surface area contributed by atoms with E-state index in [4.69, 9.17) is 9.84 Å². The smallest absolute Gasteiger partial charge is 0.326 e. The van der Waals surface area contributed by atoms with Crippen LogP contribution in [0.25, 0.3) is 0 Å². The maximum absolute atomic E-state index is 12.0. The number of carbonyl (C=O) groups is 2. The van der Waals surface area contributed by atoms with Gasteiger partial charge in [-0.05, 0) is 34.0 Å². The Morgan fingerprint density at radius 2 is 2.10 bits per heavy atom. The average molecular weight is 359 g/mol. The van der Waals surface area contributed by atoms with Gasteiger partial charge in [0.1, 0.15) is 11.8 Å². The summed E-state index contributed by atoms with van der Waals surface area (Å²) < 4.78 is 5.75. The molecule has 116 valence electrons. The zero-order valence-corrected chi connectivity index (χ0v) is 13.7. The standard InChI is InChI=1S/C14H19BrN2O4/c1-4-8(2)12(13(18)19)17-14(20)16-11-7-9(21-3)5-6-10(11)15/h5-8,12H,4H2,1-3H3,(H,18,19)(H2,16,17,20)/t8-,12-/m0/s1. The van der Waals surface area contributed by atoms with Gasteiger partial charge < -0.3 is 20.5 Å². The second kappa shape index (κ2) is 7.87. The Morgan fingerprint density at radius 1 is 1.43 bits per heavy atom. The Morgan fingerprint density at radius 3 is 2.62 bits per heavy atom. The second-order valence-corrected chi connectivity index (χ2v) is 5.50. The maximum Gasteiger partial charge on any atom is 0.326 e. The molecule has 2 atom stereocenters. The van der Waals surface area contributed by atoms with Crippen LogP contribution >= 0.6 is 15.9 Å². The van der Waals surface area contributed by atoms with Crippen LogP contribution in [-0.4, -0.2) is 30.3 Å². The number of anilines is 1. The summed E-state index contributed by atoms with van der Waals surface area (Å²) in [5.41, 5.74) is 0.500. The number of rotatable bonds is 6. The molecule has 7 heteroatoms. The van der Waals surface area contributed by atoms with Crippen LogP contribution in [-0.2, 0) is 4.79 Å². The van der Waals surface area contributed by atoms with Gasteiger partial charge in [-0.2, -0.15) is 0 Å². The number of urea groups is 1. The summed E-state index contributed by atoms with van der Waals surface area (Å²) in [4.78, 5) is 23.1. The molecule has 0 unspecified atom stereocenters. The molecule has 0 aliphatic rings. The molecule has 1 aromatic carbocycles. The molecular formula is C14H19BrN2O4. The van der Waals surface area contributed by atoms with E-state index in [9.17, 15) is 9.59 Å². The van der Waals surface area contributed by atoms with Crippen LogP contribution < -0.4 is 15.4 Å². The highest BCUT2D eigenvalue weighted by Crippen LogP contribution is 2.27. The van der Waals surface area contributed by atoms with Crippen molar-refractivity contribution < 1.29 is 19.4 Å². The van der Waals surface area contributed by atoms with Crippen molar-refractivity contribution >= 4 is 33.6 Å². The Hall–Kier alpha value is -1.76. The van der Waals surface area contributed by atoms with Gasteiger partial charge in [0.2, 0.25) is 0 Å². The quantitative estimate of drug-likeness (QED) is 0.728. The van der Waals surface area contributed by atoms with Crippen LogP contribution in [0.4, 0.5) is 10.5 Å². The van der Waals surface area contributed by atoms with Crippen molar-refractivity contribution in [2.24, 2.45) is 5.92 Å². The number of benzene rings is 1. The van der Waals surface area contributed by atoms with Gasteiger partial charge in [0, 0.05) is 10.5 Å². The van der Waals surface area contributed by atoms with Crippen LogP contribution in [0.3, 0.4) is 0 Å². The SMILES string of the molecule is CC[C@H](C)[C@H](NC(=O)Nc1cc(OC)ccc1Br)C(=O)O. The van der Waals surface area contributed by atoms with Gasteiger partial charge in [-0.1, -0.05) is 20.3 Å². The molecule has 2 amide bonds. The average Bonchev–Trinajstić information content (AvgIpc) is 2.46. The van der Waals surface area contributed by atoms with E-state index in [1.54, 1.807) is 25.1 Å². The molecule has 0 saturated heterocycles. The largest absolute Gasteiger partial charge is 0.497 e. The number of ether oxygens (including phenoxy) is 1. The van der Waals surface area contributed by atoms with Crippen LogP contribution in [0.15, 0.2) is 22.7 Å². The predicted octanol–water partition coefficient (Wildman–Crippen LogP) is 3.08. The number of carbonyl (C=O) groups excluding carboxylic acids is 1. The minimum absolute atomic E-state index is 0.165. The number of aliphatic carboxylic acids is 1. The molecule has 1 aromatic rings. The fraction of sp³-hybridized carbons (Fsp3) is 0.429. The molecule has 6 nitrogen and oxygen atoms in total. The third kappa shape index (κ3) is 4.93. The molecule has 1 rings (SSSR count). The zero-order valence-electron chi connectivity index (χ0n) is 12.1. The van der Waals surface area contributed by atoms with E-state index in [0.717, 1.165) is 0 Å². The van der Waals surface area contributed by atoms with Gasteiger partial charge in [0.15, 0.2) is 0 Å². The lowest BCUT2D eigenvalue weighted by molar-refractivity contribution is -0.140. The van der Waals surface area contributed by atoms with E-state index in [1.165, 1.54) is 7.11 Å². The Balaban J connectivity index is 2.79. The second-order valence-electron chi connectivity index (χ2n) is 4.65. The molecule has 3 N–H and O–H groups in total. The fourth-order valence-corrected chi connectivity index (χ4v) is 2.06. The topological polar surface area (TPSA) is 87.7 Å². The summed E-state index contributed by atoms with van der Waals surface area (Å²) in [6.07, 6.45) is 0.653. The van der Waals surface area contributed by atoms with Crippen molar-refractivity contribution in [1.29, 1.82) is 0 Å². The number of amides is 2. The summed E-state index contributed by atoms with van der Waals surface area (Å²) in [6, 6.07) is 3.61. The van der Waals surface area contributed by atoms with Gasteiger partial charge in [-0.15, -0.1) is 0 Å². The number of hydrogen-bond acceptors (Lipinski definition) is 3. The molecule has 0 heterocycles. The first-order valence-corrected chi connectivity index (χ1v) is 7.32. The molecule has 0 aromatic heterocycles. The van der Waals surface area contributed by atoms with Crippen molar-refractivity contribution in [2.75, 3.05) is 12.4 Å². The van der Waals surface area contributed by atoms with Crippen molar-refractivity contribution in [2.45, 2.75) is 26.3 Å². The van der Waals surface area contributed by atoms with Crippen molar-refractivity contribution in [3.63, 3.8) is 0 Å². The zero-order chi connectivity index (χ0) is 16.0. The first-order chi connectivity index (χ1) is 9.88. The number of methoxy groups -OCH3 is 1. The number of carboxylic acid groups (broad SMARTS) is 1. The minimum atomic E-state index is -1.05. The lowest BCUT2D eigenvalue weighted by Gasteiger charge is -2.20. The Labute approximate surface area is 132 Å². The van der Waals surface area contributed by atoms with Crippen LogP contribution in [0.1, 0.15) is 20.3 Å². The number of halogens is 1. The molecule has 0 aliphatic carbocycles. The number of hydrogen-bond donors (Lipinski definition) is 3. The molecule has 0 bridgehead atoms. The molecule has 0 aliphatic heterocycles. The third-order valence-corrected chi connectivity index (χ3v) is 3.88. The molecular weight excluding hydrogens is 340 g/mol. The highest BCUT2D eigenvalue weighted by molar-refractivity contribution is 9.10. The van der Waals surface area contributed by atoms with Gasteiger partial charge in [-0.3, -0.25) is 0 Å². The molecule has 0 radical (unpaired) electrons. The fourth-order valence-electron chi connectivity index (χ4n) is 1.71. The summed E-state index contributed by atoms with van der Waals surface area (Å²) in [5.74, 6) is -0.628. The first-order valence-electron chi connectivity index (χ1n) is 6.52. The lowest BCUT2D eigenvalue weighted by atomic mass is 9.99. The van der Waals surface area contributed by atoms with E-state index in [0.29, 0.717) is 22.3 Å². The predicted molar refractivity (Wildman–Crippen MR) is 83.7 cm³/mol. The summed E-state index contributed by atoms with van der Waals surface area (Å²) in [6.45, 7) is 3.65. The number of carboxylic acids is 1. The van der Waals surface area contributed by atoms with Crippen molar-refractivity contribution in [3.05, 3.63) is 22.7 Å². The lowest BCUT2D eigenvalue weighted by Crippen LogP contribution is -2.46. The van der Waals surface area contributed by atoms with Gasteiger partial charge in [0.25, 0.3) is 0 Å². The van der Waals surface area contributed by atoms with E-state index < -0.39 is 18.0 Å². The highest BCUT2D eigenvalue weighted by atomic mass is 79.9.